The fraction of sp³-hybridized carbons (Fsp3) is 0.417. The van der Waals surface area contributed by atoms with E-state index >= 15 is 0 Å². The summed E-state index contributed by atoms with van der Waals surface area (Å²) in [4.78, 5) is 10.4. The molecule has 2 aromatic heterocycles. The molecule has 6 heteroatoms. The molecular weight excluding hydrogens is 230 g/mol. The van der Waals surface area contributed by atoms with Crippen LogP contribution in [0.25, 0.3) is 0 Å². The van der Waals surface area contributed by atoms with Gasteiger partial charge in [0.05, 0.1) is 13.3 Å². The van der Waals surface area contributed by atoms with Crippen LogP contribution in [0.3, 0.4) is 0 Å². The summed E-state index contributed by atoms with van der Waals surface area (Å²) in [6, 6.07) is 0.395. The molecule has 18 heavy (non-hydrogen) atoms. The topological polar surface area (TPSA) is 66.9 Å². The number of nitrogens with zero attached hydrogens (tertiary/aromatic N) is 4. The third-order valence-corrected chi connectivity index (χ3v) is 2.69. The van der Waals surface area contributed by atoms with E-state index in [1.807, 2.05) is 13.1 Å². The molecule has 0 aromatic carbocycles. The molecule has 2 rings (SSSR count). The number of ether oxygens (including phenoxy) is 1. The number of aryl methyl sites for hydroxylation is 1. The van der Waals surface area contributed by atoms with Crippen LogP contribution in [-0.2, 0) is 13.1 Å². The van der Waals surface area contributed by atoms with Gasteiger partial charge >= 0.3 is 6.01 Å². The monoisotopic (exact) mass is 247 g/mol. The molecule has 2 heterocycles. The minimum absolute atomic E-state index is 0.395. The Kier molecular flexibility index (Phi) is 3.88. The van der Waals surface area contributed by atoms with Crippen molar-refractivity contribution in [1.29, 1.82) is 0 Å². The Hall–Kier alpha value is -1.95. The molecule has 0 radical (unpaired) electrons. The summed E-state index contributed by atoms with van der Waals surface area (Å²) >= 11 is 0. The van der Waals surface area contributed by atoms with E-state index in [1.165, 1.54) is 5.56 Å². The van der Waals surface area contributed by atoms with Gasteiger partial charge in [-0.3, -0.25) is 10.00 Å². The first kappa shape index (κ1) is 12.5. The maximum Gasteiger partial charge on any atom is 0.316 e. The molecular formula is C12H17N5O. The molecule has 0 atom stereocenters. The van der Waals surface area contributed by atoms with Gasteiger partial charge in [0.15, 0.2) is 0 Å². The number of rotatable bonds is 5. The molecule has 0 spiro atoms. The number of aromatic nitrogens is 4. The van der Waals surface area contributed by atoms with Crippen molar-refractivity contribution in [3.05, 3.63) is 35.4 Å². The second-order valence-electron chi connectivity index (χ2n) is 4.27. The van der Waals surface area contributed by atoms with Gasteiger partial charge in [0.25, 0.3) is 0 Å². The minimum Gasteiger partial charge on any atom is -0.467 e. The van der Waals surface area contributed by atoms with Gasteiger partial charge in [-0.05, 0) is 14.0 Å². The number of hydrogen-bond acceptors (Lipinski definition) is 5. The highest BCUT2D eigenvalue weighted by molar-refractivity contribution is 5.14. The summed E-state index contributed by atoms with van der Waals surface area (Å²) in [6.07, 6.45) is 5.42. The van der Waals surface area contributed by atoms with Crippen molar-refractivity contribution in [3.8, 4) is 6.01 Å². The molecule has 0 aliphatic rings. The standard InChI is InChI=1S/C12H17N5O/c1-9-11(6-15-16-9)8-17(2)7-10-4-13-12(18-3)14-5-10/h4-6H,7-8H2,1-3H3,(H,15,16). The maximum atomic E-state index is 4.93. The SMILES string of the molecule is COc1ncc(CN(C)Cc2cn[nH]c2C)cn1. The van der Waals surface area contributed by atoms with Crippen molar-refractivity contribution in [2.75, 3.05) is 14.2 Å². The molecule has 0 fully saturated rings. The molecule has 0 aliphatic heterocycles. The van der Waals surface area contributed by atoms with Crippen LogP contribution < -0.4 is 4.74 Å². The lowest BCUT2D eigenvalue weighted by Crippen LogP contribution is -2.17. The van der Waals surface area contributed by atoms with Gasteiger partial charge in [-0.15, -0.1) is 0 Å². The van der Waals surface area contributed by atoms with Crippen molar-refractivity contribution < 1.29 is 4.74 Å². The van der Waals surface area contributed by atoms with Crippen molar-refractivity contribution in [1.82, 2.24) is 25.1 Å². The summed E-state index contributed by atoms with van der Waals surface area (Å²) in [5, 5.41) is 6.95. The zero-order valence-corrected chi connectivity index (χ0v) is 10.8. The zero-order valence-electron chi connectivity index (χ0n) is 10.8. The largest absolute Gasteiger partial charge is 0.467 e. The van der Waals surface area contributed by atoms with Crippen molar-refractivity contribution in [2.24, 2.45) is 0 Å². The molecule has 0 bridgehead atoms. The first-order valence-electron chi connectivity index (χ1n) is 5.71. The first-order chi connectivity index (χ1) is 8.69. The Bertz CT molecular complexity index is 493. The third-order valence-electron chi connectivity index (χ3n) is 2.69. The van der Waals surface area contributed by atoms with E-state index in [-0.39, 0.29) is 0 Å². The third kappa shape index (κ3) is 3.04. The van der Waals surface area contributed by atoms with Gasteiger partial charge in [-0.25, -0.2) is 9.97 Å². The summed E-state index contributed by atoms with van der Waals surface area (Å²) in [5.74, 6) is 0. The fourth-order valence-corrected chi connectivity index (χ4v) is 1.72. The second-order valence-corrected chi connectivity index (χ2v) is 4.27. The molecule has 0 saturated heterocycles. The molecule has 0 unspecified atom stereocenters. The van der Waals surface area contributed by atoms with E-state index in [0.717, 1.165) is 24.3 Å². The van der Waals surface area contributed by atoms with Gasteiger partial charge in [0.1, 0.15) is 0 Å². The summed E-state index contributed by atoms with van der Waals surface area (Å²) < 4.78 is 4.93. The molecule has 96 valence electrons. The van der Waals surface area contributed by atoms with Gasteiger partial charge < -0.3 is 4.74 Å². The average Bonchev–Trinajstić information content (AvgIpc) is 2.76. The van der Waals surface area contributed by atoms with Crippen LogP contribution in [0.4, 0.5) is 0 Å². The first-order valence-corrected chi connectivity index (χ1v) is 5.71. The highest BCUT2D eigenvalue weighted by Gasteiger charge is 2.06. The Balaban J connectivity index is 1.94. The summed E-state index contributed by atoms with van der Waals surface area (Å²) in [7, 11) is 3.61. The normalized spacial score (nSPS) is 10.9. The lowest BCUT2D eigenvalue weighted by atomic mass is 10.2. The minimum atomic E-state index is 0.395. The second kappa shape index (κ2) is 5.59. The maximum absolute atomic E-state index is 4.93. The van der Waals surface area contributed by atoms with Gasteiger partial charge in [0, 0.05) is 42.3 Å². The van der Waals surface area contributed by atoms with E-state index in [4.69, 9.17) is 4.74 Å². The predicted octanol–water partition coefficient (Wildman–Crippen LogP) is 1.15. The molecule has 1 N–H and O–H groups in total. The quantitative estimate of drug-likeness (QED) is 0.858. The van der Waals surface area contributed by atoms with Crippen LogP contribution in [0.5, 0.6) is 6.01 Å². The Morgan fingerprint density at radius 3 is 2.50 bits per heavy atom. The van der Waals surface area contributed by atoms with Crippen molar-refractivity contribution in [2.45, 2.75) is 20.0 Å². The highest BCUT2D eigenvalue weighted by Crippen LogP contribution is 2.09. The van der Waals surface area contributed by atoms with E-state index < -0.39 is 0 Å². The number of nitrogens with one attached hydrogen (secondary N) is 1. The highest BCUT2D eigenvalue weighted by atomic mass is 16.5. The predicted molar refractivity (Wildman–Crippen MR) is 67.1 cm³/mol. The van der Waals surface area contributed by atoms with Crippen LogP contribution in [0, 0.1) is 6.92 Å². The van der Waals surface area contributed by atoms with Gasteiger partial charge in [0.2, 0.25) is 0 Å². The number of H-pyrrole nitrogens is 1. The average molecular weight is 247 g/mol. The Morgan fingerprint density at radius 1 is 1.22 bits per heavy atom. The number of aromatic amines is 1. The number of hydrogen-bond donors (Lipinski definition) is 1. The van der Waals surface area contributed by atoms with Crippen molar-refractivity contribution in [3.63, 3.8) is 0 Å². The lowest BCUT2D eigenvalue weighted by molar-refractivity contribution is 0.316. The van der Waals surface area contributed by atoms with Crippen LogP contribution in [-0.4, -0.2) is 39.2 Å². The van der Waals surface area contributed by atoms with Crippen molar-refractivity contribution >= 4 is 0 Å². The van der Waals surface area contributed by atoms with E-state index in [9.17, 15) is 0 Å². The van der Waals surface area contributed by atoms with Gasteiger partial charge in [-0.1, -0.05) is 0 Å². The van der Waals surface area contributed by atoms with Gasteiger partial charge in [-0.2, -0.15) is 5.10 Å². The summed E-state index contributed by atoms with van der Waals surface area (Å²) in [6.45, 7) is 3.65. The van der Waals surface area contributed by atoms with E-state index in [0.29, 0.717) is 6.01 Å². The van der Waals surface area contributed by atoms with E-state index in [1.54, 1.807) is 19.5 Å². The molecule has 6 nitrogen and oxygen atoms in total. The van der Waals surface area contributed by atoms with Crippen LogP contribution in [0.15, 0.2) is 18.6 Å². The van der Waals surface area contributed by atoms with E-state index in [2.05, 4.69) is 32.1 Å². The van der Waals surface area contributed by atoms with Crippen LogP contribution in [0.1, 0.15) is 16.8 Å². The smallest absolute Gasteiger partial charge is 0.316 e. The Labute approximate surface area is 106 Å². The van der Waals surface area contributed by atoms with Crippen LogP contribution in [0.2, 0.25) is 0 Å². The molecule has 0 amide bonds. The number of methoxy groups -OCH3 is 1. The fourth-order valence-electron chi connectivity index (χ4n) is 1.72. The zero-order chi connectivity index (χ0) is 13.0. The lowest BCUT2D eigenvalue weighted by Gasteiger charge is -2.15. The molecule has 0 aliphatic carbocycles. The molecule has 0 saturated carbocycles. The van der Waals surface area contributed by atoms with Crippen LogP contribution >= 0.6 is 0 Å². The summed E-state index contributed by atoms with van der Waals surface area (Å²) in [5.41, 5.74) is 3.36. The Morgan fingerprint density at radius 2 is 1.94 bits per heavy atom. The molecule has 2 aromatic rings.